The quantitative estimate of drug-likeness (QED) is 0.853. The monoisotopic (exact) mass is 337 g/mol. The van der Waals surface area contributed by atoms with Gasteiger partial charge in [0.25, 0.3) is 5.91 Å². The Bertz CT molecular complexity index is 696. The number of hydrogen-bond donors (Lipinski definition) is 0. The number of carbonyl (C=O) groups excluding carboxylic acids is 1. The molecular formula is C15H20ClN5O2. The zero-order valence-corrected chi connectivity index (χ0v) is 14.1. The Hall–Kier alpha value is -1.86. The van der Waals surface area contributed by atoms with Crippen molar-refractivity contribution in [3.05, 3.63) is 34.7 Å². The van der Waals surface area contributed by atoms with Crippen LogP contribution in [0.4, 0.5) is 0 Å². The van der Waals surface area contributed by atoms with Crippen molar-refractivity contribution in [3.8, 4) is 0 Å². The summed E-state index contributed by atoms with van der Waals surface area (Å²) in [6.07, 6.45) is 2.58. The predicted molar refractivity (Wildman–Crippen MR) is 85.3 cm³/mol. The molecule has 0 spiro atoms. The first-order valence-electron chi connectivity index (χ1n) is 7.65. The van der Waals surface area contributed by atoms with Crippen LogP contribution < -0.4 is 0 Å². The lowest BCUT2D eigenvalue weighted by atomic mass is 10.3. The molecule has 1 amide bonds. The van der Waals surface area contributed by atoms with Gasteiger partial charge in [-0.3, -0.25) is 9.69 Å². The molecule has 3 heterocycles. The molecular weight excluding hydrogens is 318 g/mol. The van der Waals surface area contributed by atoms with Gasteiger partial charge in [0.15, 0.2) is 5.69 Å². The van der Waals surface area contributed by atoms with Crippen LogP contribution in [0.15, 0.2) is 16.8 Å². The van der Waals surface area contributed by atoms with Crippen molar-refractivity contribution in [3.63, 3.8) is 0 Å². The first-order chi connectivity index (χ1) is 11.0. The third-order valence-electron chi connectivity index (χ3n) is 4.12. The summed E-state index contributed by atoms with van der Waals surface area (Å²) in [5.74, 6) is 1.52. The highest BCUT2D eigenvalue weighted by Gasteiger charge is 2.23. The van der Waals surface area contributed by atoms with E-state index in [1.54, 1.807) is 19.2 Å². The summed E-state index contributed by atoms with van der Waals surface area (Å²) >= 11 is 6.03. The Morgan fingerprint density at radius 1 is 1.35 bits per heavy atom. The lowest BCUT2D eigenvalue weighted by molar-refractivity contribution is 0.0750. The van der Waals surface area contributed by atoms with E-state index in [1.807, 2.05) is 16.5 Å². The fourth-order valence-electron chi connectivity index (χ4n) is 2.73. The normalized spacial score (nSPS) is 16.6. The smallest absolute Gasteiger partial charge is 0.276 e. The number of amides is 1. The number of nitrogens with zero attached hydrogens (tertiary/aromatic N) is 5. The molecule has 0 unspecified atom stereocenters. The van der Waals surface area contributed by atoms with E-state index in [4.69, 9.17) is 16.1 Å². The molecule has 1 aliphatic heterocycles. The highest BCUT2D eigenvalue weighted by molar-refractivity contribution is 6.29. The summed E-state index contributed by atoms with van der Waals surface area (Å²) < 4.78 is 6.87. The summed E-state index contributed by atoms with van der Waals surface area (Å²) in [6.45, 7) is 5.63. The van der Waals surface area contributed by atoms with Gasteiger partial charge in [0, 0.05) is 39.3 Å². The van der Waals surface area contributed by atoms with Gasteiger partial charge in [-0.15, -0.1) is 0 Å². The van der Waals surface area contributed by atoms with Crippen molar-refractivity contribution in [2.24, 2.45) is 7.05 Å². The highest BCUT2D eigenvalue weighted by atomic mass is 35.5. The van der Waals surface area contributed by atoms with E-state index >= 15 is 0 Å². The molecule has 1 fully saturated rings. The average molecular weight is 338 g/mol. The Labute approximate surface area is 139 Å². The molecule has 124 valence electrons. The minimum Gasteiger partial charge on any atom is -0.361 e. The number of rotatable bonds is 3. The van der Waals surface area contributed by atoms with Crippen LogP contribution in [0.25, 0.3) is 0 Å². The summed E-state index contributed by atoms with van der Waals surface area (Å²) in [4.78, 5) is 20.9. The maximum absolute atomic E-state index is 12.4. The molecule has 3 rings (SSSR count). The van der Waals surface area contributed by atoms with E-state index < -0.39 is 0 Å². The van der Waals surface area contributed by atoms with Gasteiger partial charge in [-0.05, 0) is 13.3 Å². The predicted octanol–water partition coefficient (Wildman–Crippen LogP) is 1.72. The van der Waals surface area contributed by atoms with Crippen molar-refractivity contribution < 1.29 is 9.32 Å². The van der Waals surface area contributed by atoms with Crippen molar-refractivity contribution >= 4 is 17.5 Å². The minimum absolute atomic E-state index is 0.0660. The highest BCUT2D eigenvalue weighted by Crippen LogP contribution is 2.14. The maximum Gasteiger partial charge on any atom is 0.276 e. The Morgan fingerprint density at radius 3 is 2.83 bits per heavy atom. The van der Waals surface area contributed by atoms with Gasteiger partial charge < -0.3 is 14.0 Å². The van der Waals surface area contributed by atoms with E-state index in [1.165, 1.54) is 0 Å². The molecule has 8 heteroatoms. The topological polar surface area (TPSA) is 67.4 Å². The standard InChI is InChI=1S/C15H20ClN5O2/c1-11-8-12(18-23-11)15(22)21-5-3-4-20(6-7-21)10-14-17-9-13(16)19(14)2/h8-9H,3-7,10H2,1-2H3. The Balaban J connectivity index is 1.61. The van der Waals surface area contributed by atoms with Gasteiger partial charge in [-0.1, -0.05) is 16.8 Å². The molecule has 2 aromatic heterocycles. The molecule has 2 aromatic rings. The molecule has 1 saturated heterocycles. The molecule has 0 saturated carbocycles. The second kappa shape index (κ2) is 6.72. The van der Waals surface area contributed by atoms with Gasteiger partial charge in [0.1, 0.15) is 16.7 Å². The number of imidazole rings is 1. The van der Waals surface area contributed by atoms with E-state index in [9.17, 15) is 4.79 Å². The van der Waals surface area contributed by atoms with E-state index in [2.05, 4.69) is 15.0 Å². The second-order valence-corrected chi connectivity index (χ2v) is 6.19. The summed E-state index contributed by atoms with van der Waals surface area (Å²) in [6, 6.07) is 1.68. The first-order valence-corrected chi connectivity index (χ1v) is 8.03. The van der Waals surface area contributed by atoms with Crippen LogP contribution in [0.3, 0.4) is 0 Å². The fourth-order valence-corrected chi connectivity index (χ4v) is 2.88. The van der Waals surface area contributed by atoms with E-state index in [0.29, 0.717) is 23.2 Å². The minimum atomic E-state index is -0.0660. The average Bonchev–Trinajstić information content (AvgIpc) is 3.00. The zero-order valence-electron chi connectivity index (χ0n) is 13.3. The van der Waals surface area contributed by atoms with Gasteiger partial charge in [0.05, 0.1) is 12.7 Å². The molecule has 0 N–H and O–H groups in total. The van der Waals surface area contributed by atoms with Crippen LogP contribution in [0.5, 0.6) is 0 Å². The largest absolute Gasteiger partial charge is 0.361 e. The molecule has 0 atom stereocenters. The van der Waals surface area contributed by atoms with Crippen LogP contribution in [0.2, 0.25) is 5.15 Å². The van der Waals surface area contributed by atoms with Gasteiger partial charge in [-0.25, -0.2) is 4.98 Å². The molecule has 0 bridgehead atoms. The fraction of sp³-hybridized carbons (Fsp3) is 0.533. The van der Waals surface area contributed by atoms with Crippen LogP contribution in [-0.4, -0.2) is 56.6 Å². The summed E-state index contributed by atoms with van der Waals surface area (Å²) in [7, 11) is 1.91. The molecule has 0 radical (unpaired) electrons. The van der Waals surface area contributed by atoms with Gasteiger partial charge in [-0.2, -0.15) is 0 Å². The van der Waals surface area contributed by atoms with Crippen molar-refractivity contribution in [2.45, 2.75) is 19.9 Å². The van der Waals surface area contributed by atoms with E-state index in [0.717, 1.165) is 38.4 Å². The molecule has 23 heavy (non-hydrogen) atoms. The number of halogens is 1. The number of aryl methyl sites for hydroxylation is 1. The maximum atomic E-state index is 12.4. The number of carbonyl (C=O) groups is 1. The van der Waals surface area contributed by atoms with Crippen molar-refractivity contribution in [2.75, 3.05) is 26.2 Å². The van der Waals surface area contributed by atoms with Crippen LogP contribution in [0, 0.1) is 6.92 Å². The third-order valence-corrected chi connectivity index (χ3v) is 4.47. The molecule has 7 nitrogen and oxygen atoms in total. The zero-order chi connectivity index (χ0) is 16.4. The van der Waals surface area contributed by atoms with Crippen molar-refractivity contribution in [1.82, 2.24) is 24.5 Å². The molecule has 0 aliphatic carbocycles. The second-order valence-electron chi connectivity index (χ2n) is 5.80. The Morgan fingerprint density at radius 2 is 2.17 bits per heavy atom. The van der Waals surface area contributed by atoms with Crippen LogP contribution >= 0.6 is 11.6 Å². The Kier molecular flexibility index (Phi) is 4.68. The summed E-state index contributed by atoms with van der Waals surface area (Å²) in [5, 5.41) is 4.45. The van der Waals surface area contributed by atoms with Crippen LogP contribution in [0.1, 0.15) is 28.5 Å². The summed E-state index contributed by atoms with van der Waals surface area (Å²) in [5.41, 5.74) is 0.381. The lowest BCUT2D eigenvalue weighted by Crippen LogP contribution is -2.35. The van der Waals surface area contributed by atoms with Crippen LogP contribution in [-0.2, 0) is 13.6 Å². The van der Waals surface area contributed by atoms with Gasteiger partial charge >= 0.3 is 0 Å². The van der Waals surface area contributed by atoms with Gasteiger partial charge in [0.2, 0.25) is 0 Å². The number of hydrogen-bond acceptors (Lipinski definition) is 5. The first kappa shape index (κ1) is 16.0. The van der Waals surface area contributed by atoms with Crippen molar-refractivity contribution in [1.29, 1.82) is 0 Å². The molecule has 0 aromatic carbocycles. The lowest BCUT2D eigenvalue weighted by Gasteiger charge is -2.21. The molecule has 1 aliphatic rings. The number of aromatic nitrogens is 3. The third kappa shape index (κ3) is 3.56. The van der Waals surface area contributed by atoms with E-state index in [-0.39, 0.29) is 5.91 Å². The SMILES string of the molecule is Cc1cc(C(=O)N2CCCN(Cc3ncc(Cl)n3C)CC2)no1.